The van der Waals surface area contributed by atoms with E-state index < -0.39 is 36.2 Å². The van der Waals surface area contributed by atoms with Crippen molar-refractivity contribution in [3.05, 3.63) is 11.6 Å². The van der Waals surface area contributed by atoms with Gasteiger partial charge >= 0.3 is 0 Å². The number of carbonyl (C=O) groups is 2. The Balaban J connectivity index is 2.20. The fourth-order valence-corrected chi connectivity index (χ4v) is 2.50. The molecule has 7 heteroatoms. The number of rotatable bonds is 2. The Morgan fingerprint density at radius 2 is 2.06 bits per heavy atom. The van der Waals surface area contributed by atoms with E-state index in [0.717, 1.165) is 6.08 Å². The van der Waals surface area contributed by atoms with Gasteiger partial charge in [0.25, 0.3) is 11.8 Å². The van der Waals surface area contributed by atoms with Crippen molar-refractivity contribution in [2.75, 3.05) is 4.43 Å². The molecule has 1 saturated heterocycles. The summed E-state index contributed by atoms with van der Waals surface area (Å²) in [5.41, 5.74) is 0.0731. The molecular formula is C9H10INO5. The average Bonchev–Trinajstić information content (AvgIpc) is 2.70. The van der Waals surface area contributed by atoms with E-state index in [4.69, 9.17) is 4.74 Å². The second-order valence-electron chi connectivity index (χ2n) is 3.65. The normalized spacial score (nSPS) is 38.8. The number of carbonyl (C=O) groups excluding carboxylic acids is 2. The van der Waals surface area contributed by atoms with Crippen molar-refractivity contribution in [2.45, 2.75) is 24.4 Å². The maximum atomic E-state index is 11.3. The summed E-state index contributed by atoms with van der Waals surface area (Å²) >= 11 is 2.01. The molecule has 4 unspecified atom stereocenters. The van der Waals surface area contributed by atoms with E-state index in [1.54, 1.807) is 0 Å². The summed E-state index contributed by atoms with van der Waals surface area (Å²) < 4.78 is 5.84. The van der Waals surface area contributed by atoms with E-state index in [1.165, 1.54) is 0 Å². The van der Waals surface area contributed by atoms with E-state index >= 15 is 0 Å². The molecule has 16 heavy (non-hydrogen) atoms. The van der Waals surface area contributed by atoms with Gasteiger partial charge in [-0.05, 0) is 0 Å². The minimum atomic E-state index is -1.18. The van der Waals surface area contributed by atoms with Gasteiger partial charge in [0.05, 0.1) is 11.7 Å². The summed E-state index contributed by atoms with van der Waals surface area (Å²) in [6.45, 7) is 0. The highest BCUT2D eigenvalue weighted by atomic mass is 127. The molecule has 6 nitrogen and oxygen atoms in total. The largest absolute Gasteiger partial charge is 0.388 e. The number of aliphatic hydroxyl groups excluding tert-OH is 2. The molecule has 2 heterocycles. The van der Waals surface area contributed by atoms with E-state index in [-0.39, 0.29) is 5.57 Å². The highest BCUT2D eigenvalue weighted by Crippen LogP contribution is 2.28. The lowest BCUT2D eigenvalue weighted by molar-refractivity contribution is -0.124. The standard InChI is InChI=1S/C9H10INO5/c10-2-4-6(13)7(14)8(16-4)3-1-5(12)11-9(3)15/h1,4,6-8,13-14H,2H2,(H,11,12,15). The minimum absolute atomic E-state index is 0.0731. The van der Waals surface area contributed by atoms with Crippen molar-refractivity contribution < 1.29 is 24.5 Å². The second-order valence-corrected chi connectivity index (χ2v) is 4.53. The quantitative estimate of drug-likeness (QED) is 0.323. The van der Waals surface area contributed by atoms with Gasteiger partial charge < -0.3 is 14.9 Å². The Morgan fingerprint density at radius 3 is 2.50 bits per heavy atom. The molecule has 0 saturated carbocycles. The summed E-state index contributed by atoms with van der Waals surface area (Å²) in [4.78, 5) is 22.3. The Kier molecular flexibility index (Phi) is 3.29. The van der Waals surface area contributed by atoms with Crippen molar-refractivity contribution >= 4 is 34.4 Å². The molecule has 0 radical (unpaired) electrons. The van der Waals surface area contributed by atoms with Crippen LogP contribution in [0.15, 0.2) is 11.6 Å². The molecule has 0 aromatic rings. The first-order chi connectivity index (χ1) is 7.54. The van der Waals surface area contributed by atoms with Gasteiger partial charge in [0.2, 0.25) is 0 Å². The Morgan fingerprint density at radius 1 is 1.38 bits per heavy atom. The lowest BCUT2D eigenvalue weighted by Crippen LogP contribution is -2.35. The van der Waals surface area contributed by atoms with E-state index in [9.17, 15) is 19.8 Å². The fraction of sp³-hybridized carbons (Fsp3) is 0.556. The Labute approximate surface area is 105 Å². The third kappa shape index (κ3) is 1.88. The minimum Gasteiger partial charge on any atom is -0.388 e. The number of alkyl halides is 1. The van der Waals surface area contributed by atoms with Gasteiger partial charge in [0.15, 0.2) is 0 Å². The third-order valence-electron chi connectivity index (χ3n) is 2.61. The predicted octanol–water partition coefficient (Wildman–Crippen LogP) is -1.51. The maximum Gasteiger partial charge on any atom is 0.256 e. The van der Waals surface area contributed by atoms with E-state index in [0.29, 0.717) is 4.43 Å². The van der Waals surface area contributed by atoms with Crippen LogP contribution < -0.4 is 5.32 Å². The topological polar surface area (TPSA) is 95.9 Å². The van der Waals surface area contributed by atoms with E-state index in [1.807, 2.05) is 22.6 Å². The van der Waals surface area contributed by atoms with Gasteiger partial charge in [-0.1, -0.05) is 22.6 Å². The van der Waals surface area contributed by atoms with Crippen LogP contribution in [0, 0.1) is 0 Å². The van der Waals surface area contributed by atoms with Crippen LogP contribution >= 0.6 is 22.6 Å². The molecule has 0 spiro atoms. The lowest BCUT2D eigenvalue weighted by Gasteiger charge is -2.13. The van der Waals surface area contributed by atoms with Crippen LogP contribution in [0.5, 0.6) is 0 Å². The number of amides is 2. The number of hydrogen-bond donors (Lipinski definition) is 3. The van der Waals surface area contributed by atoms with Crippen molar-refractivity contribution in [2.24, 2.45) is 0 Å². The number of ether oxygens (including phenoxy) is 1. The van der Waals surface area contributed by atoms with Crippen LogP contribution in [0.4, 0.5) is 0 Å². The van der Waals surface area contributed by atoms with Crippen LogP contribution in [0.25, 0.3) is 0 Å². The summed E-state index contributed by atoms with van der Waals surface area (Å²) in [6, 6.07) is 0. The molecule has 0 bridgehead atoms. The molecule has 2 aliphatic heterocycles. The molecule has 2 aliphatic rings. The molecule has 88 valence electrons. The Bertz CT molecular complexity index is 369. The van der Waals surface area contributed by atoms with Gasteiger partial charge in [0.1, 0.15) is 18.3 Å². The first-order valence-electron chi connectivity index (χ1n) is 4.69. The zero-order chi connectivity index (χ0) is 11.9. The molecule has 1 fully saturated rings. The third-order valence-corrected chi connectivity index (χ3v) is 3.47. The SMILES string of the molecule is O=C1C=C(C2OC(CI)C(O)C2O)C(=O)N1. The molecule has 0 aromatic carbocycles. The summed E-state index contributed by atoms with van der Waals surface area (Å²) in [6.07, 6.45) is -2.57. The van der Waals surface area contributed by atoms with Gasteiger partial charge in [-0.25, -0.2) is 0 Å². The van der Waals surface area contributed by atoms with Crippen LogP contribution in [0.3, 0.4) is 0 Å². The monoisotopic (exact) mass is 339 g/mol. The molecule has 2 amide bonds. The molecule has 0 aromatic heterocycles. The number of aliphatic hydroxyl groups is 2. The van der Waals surface area contributed by atoms with Gasteiger partial charge in [-0.2, -0.15) is 0 Å². The molecule has 4 atom stereocenters. The first-order valence-corrected chi connectivity index (χ1v) is 6.21. The lowest BCUT2D eigenvalue weighted by atomic mass is 10.0. The molecular weight excluding hydrogens is 329 g/mol. The molecule has 3 N–H and O–H groups in total. The maximum absolute atomic E-state index is 11.3. The molecule has 2 rings (SSSR count). The van der Waals surface area contributed by atoms with Crippen LogP contribution in [0.2, 0.25) is 0 Å². The zero-order valence-corrected chi connectivity index (χ0v) is 10.2. The zero-order valence-electron chi connectivity index (χ0n) is 8.09. The summed E-state index contributed by atoms with van der Waals surface area (Å²) in [7, 11) is 0. The van der Waals surface area contributed by atoms with Crippen molar-refractivity contribution in [1.29, 1.82) is 0 Å². The average molecular weight is 339 g/mol. The van der Waals surface area contributed by atoms with Gasteiger partial charge in [-0.15, -0.1) is 0 Å². The van der Waals surface area contributed by atoms with Crippen LogP contribution in [-0.2, 0) is 14.3 Å². The smallest absolute Gasteiger partial charge is 0.256 e. The Hall–Kier alpha value is -0.510. The highest BCUT2D eigenvalue weighted by Gasteiger charge is 2.46. The number of halogens is 1. The van der Waals surface area contributed by atoms with Crippen LogP contribution in [-0.4, -0.2) is 50.9 Å². The van der Waals surface area contributed by atoms with E-state index in [2.05, 4.69) is 5.32 Å². The molecule has 0 aliphatic carbocycles. The predicted molar refractivity (Wildman–Crippen MR) is 60.8 cm³/mol. The van der Waals surface area contributed by atoms with Crippen molar-refractivity contribution in [3.63, 3.8) is 0 Å². The van der Waals surface area contributed by atoms with Gasteiger partial charge in [0, 0.05) is 10.5 Å². The highest BCUT2D eigenvalue weighted by molar-refractivity contribution is 14.1. The van der Waals surface area contributed by atoms with Crippen LogP contribution in [0.1, 0.15) is 0 Å². The first kappa shape index (κ1) is 12.0. The van der Waals surface area contributed by atoms with Crippen molar-refractivity contribution in [1.82, 2.24) is 5.32 Å². The van der Waals surface area contributed by atoms with Crippen molar-refractivity contribution in [3.8, 4) is 0 Å². The summed E-state index contributed by atoms with van der Waals surface area (Å²) in [5.74, 6) is -1.10. The number of nitrogens with one attached hydrogen (secondary N) is 1. The summed E-state index contributed by atoms with van der Waals surface area (Å²) in [5, 5.41) is 21.4. The number of hydrogen-bond acceptors (Lipinski definition) is 5. The fourth-order valence-electron chi connectivity index (χ4n) is 1.77. The van der Waals surface area contributed by atoms with Gasteiger partial charge in [-0.3, -0.25) is 14.9 Å². The number of imide groups is 1. The second kappa shape index (κ2) is 4.40.